The van der Waals surface area contributed by atoms with Crippen LogP contribution in [0.5, 0.6) is 5.75 Å². The Morgan fingerprint density at radius 2 is 1.81 bits per heavy atom. The van der Waals surface area contributed by atoms with Crippen molar-refractivity contribution in [3.8, 4) is 5.75 Å². The van der Waals surface area contributed by atoms with Crippen LogP contribution in [0, 0.1) is 5.92 Å². The normalized spacial score (nSPS) is 27.0. The molecule has 148 valence electrons. The Bertz CT molecular complexity index is 601. The SMILES string of the molecule is O=C(NC[C@@H]1CCCN2CCCC[C@H]12)N1CCC(Oc2ccncc2)CC1. The van der Waals surface area contributed by atoms with Crippen molar-refractivity contribution in [2.45, 2.75) is 57.1 Å². The van der Waals surface area contributed by atoms with Crippen LogP contribution in [-0.4, -0.2) is 65.7 Å². The van der Waals surface area contributed by atoms with Crippen molar-refractivity contribution in [1.29, 1.82) is 0 Å². The Labute approximate surface area is 162 Å². The Morgan fingerprint density at radius 1 is 1.04 bits per heavy atom. The standard InChI is InChI=1S/C21H32N4O2/c26-21(23-16-17-4-3-13-24-12-2-1-5-20(17)24)25-14-8-19(9-15-25)27-18-6-10-22-11-7-18/h6-7,10-11,17,19-20H,1-5,8-9,12-16H2,(H,23,26)/t17-,20+/m0/s1. The molecule has 3 saturated heterocycles. The first-order chi connectivity index (χ1) is 13.3. The Hall–Kier alpha value is -1.82. The van der Waals surface area contributed by atoms with Gasteiger partial charge in [0.1, 0.15) is 11.9 Å². The van der Waals surface area contributed by atoms with Gasteiger partial charge in [-0.2, -0.15) is 0 Å². The molecule has 0 bridgehead atoms. The first-order valence-electron chi connectivity index (χ1n) is 10.6. The molecule has 0 unspecified atom stereocenters. The lowest BCUT2D eigenvalue weighted by Crippen LogP contribution is -2.53. The molecule has 1 aromatic heterocycles. The van der Waals surface area contributed by atoms with Crippen LogP contribution in [0.25, 0.3) is 0 Å². The fourth-order valence-corrected chi connectivity index (χ4v) is 4.93. The summed E-state index contributed by atoms with van der Waals surface area (Å²) in [5.74, 6) is 1.48. The van der Waals surface area contributed by atoms with E-state index in [0.717, 1.165) is 38.2 Å². The number of piperidine rings is 3. The average Bonchev–Trinajstić information content (AvgIpc) is 2.73. The molecule has 3 fully saturated rings. The number of hydrogen-bond acceptors (Lipinski definition) is 4. The van der Waals surface area contributed by atoms with E-state index in [1.54, 1.807) is 12.4 Å². The summed E-state index contributed by atoms with van der Waals surface area (Å²) in [5.41, 5.74) is 0. The number of carbonyl (C=O) groups is 1. The molecule has 3 aliphatic heterocycles. The number of ether oxygens (including phenoxy) is 1. The van der Waals surface area contributed by atoms with Gasteiger partial charge in [-0.25, -0.2) is 4.79 Å². The van der Waals surface area contributed by atoms with Gasteiger partial charge in [-0.1, -0.05) is 6.42 Å². The summed E-state index contributed by atoms with van der Waals surface area (Å²) in [5, 5.41) is 3.23. The summed E-state index contributed by atoms with van der Waals surface area (Å²) >= 11 is 0. The van der Waals surface area contributed by atoms with Gasteiger partial charge in [0, 0.05) is 50.9 Å². The molecule has 27 heavy (non-hydrogen) atoms. The van der Waals surface area contributed by atoms with E-state index in [1.807, 2.05) is 17.0 Å². The van der Waals surface area contributed by atoms with E-state index in [1.165, 1.54) is 45.2 Å². The molecule has 0 saturated carbocycles. The summed E-state index contributed by atoms with van der Waals surface area (Å²) in [4.78, 5) is 21.2. The van der Waals surface area contributed by atoms with E-state index in [9.17, 15) is 4.79 Å². The zero-order valence-corrected chi connectivity index (χ0v) is 16.2. The minimum Gasteiger partial charge on any atom is -0.490 e. The van der Waals surface area contributed by atoms with E-state index < -0.39 is 0 Å². The van der Waals surface area contributed by atoms with E-state index in [4.69, 9.17) is 4.74 Å². The molecule has 6 nitrogen and oxygen atoms in total. The molecule has 2 amide bonds. The topological polar surface area (TPSA) is 57.7 Å². The molecular weight excluding hydrogens is 340 g/mol. The summed E-state index contributed by atoms with van der Waals surface area (Å²) in [6, 6.07) is 4.56. The maximum absolute atomic E-state index is 12.6. The summed E-state index contributed by atoms with van der Waals surface area (Å²) < 4.78 is 5.99. The van der Waals surface area contributed by atoms with Gasteiger partial charge in [-0.05, 0) is 56.8 Å². The zero-order chi connectivity index (χ0) is 18.5. The number of fused-ring (bicyclic) bond motifs is 1. The Morgan fingerprint density at radius 3 is 2.63 bits per heavy atom. The fourth-order valence-electron chi connectivity index (χ4n) is 4.93. The average molecular weight is 373 g/mol. The van der Waals surface area contributed by atoms with Crippen LogP contribution in [-0.2, 0) is 0 Å². The van der Waals surface area contributed by atoms with Crippen molar-refractivity contribution in [2.75, 3.05) is 32.7 Å². The Kier molecular flexibility index (Phi) is 6.12. The van der Waals surface area contributed by atoms with E-state index in [-0.39, 0.29) is 12.1 Å². The van der Waals surface area contributed by atoms with Crippen molar-refractivity contribution in [3.63, 3.8) is 0 Å². The second-order valence-corrected chi connectivity index (χ2v) is 8.17. The molecule has 0 spiro atoms. The number of rotatable bonds is 4. The van der Waals surface area contributed by atoms with E-state index in [0.29, 0.717) is 12.0 Å². The maximum Gasteiger partial charge on any atom is 0.317 e. The predicted molar refractivity (Wildman–Crippen MR) is 105 cm³/mol. The number of likely N-dealkylation sites (tertiary alicyclic amines) is 1. The Balaban J connectivity index is 1.20. The maximum atomic E-state index is 12.6. The molecule has 0 aliphatic carbocycles. The molecule has 1 aromatic rings. The third kappa shape index (κ3) is 4.72. The lowest BCUT2D eigenvalue weighted by atomic mass is 9.83. The number of urea groups is 1. The highest BCUT2D eigenvalue weighted by atomic mass is 16.5. The first-order valence-corrected chi connectivity index (χ1v) is 10.6. The minimum absolute atomic E-state index is 0.102. The van der Waals surface area contributed by atoms with Gasteiger partial charge in [0.15, 0.2) is 0 Å². The quantitative estimate of drug-likeness (QED) is 0.883. The number of amides is 2. The first kappa shape index (κ1) is 18.5. The zero-order valence-electron chi connectivity index (χ0n) is 16.2. The molecule has 4 heterocycles. The van der Waals surface area contributed by atoms with Crippen molar-refractivity contribution in [3.05, 3.63) is 24.5 Å². The van der Waals surface area contributed by atoms with E-state index in [2.05, 4.69) is 15.2 Å². The molecule has 3 aliphatic rings. The van der Waals surface area contributed by atoms with Gasteiger partial charge in [0.2, 0.25) is 0 Å². The summed E-state index contributed by atoms with van der Waals surface area (Å²) in [6.07, 6.45) is 12.0. The summed E-state index contributed by atoms with van der Waals surface area (Å²) in [7, 11) is 0. The number of aromatic nitrogens is 1. The monoisotopic (exact) mass is 372 g/mol. The number of nitrogens with one attached hydrogen (secondary N) is 1. The van der Waals surface area contributed by atoms with Gasteiger partial charge in [-0.3, -0.25) is 4.98 Å². The van der Waals surface area contributed by atoms with Crippen LogP contribution in [0.1, 0.15) is 44.9 Å². The van der Waals surface area contributed by atoms with Crippen molar-refractivity contribution >= 4 is 6.03 Å². The van der Waals surface area contributed by atoms with E-state index >= 15 is 0 Å². The second kappa shape index (κ2) is 8.91. The van der Waals surface area contributed by atoms with Crippen molar-refractivity contribution in [1.82, 2.24) is 20.1 Å². The highest BCUT2D eigenvalue weighted by Gasteiger charge is 2.33. The molecule has 1 N–H and O–H groups in total. The molecule has 0 radical (unpaired) electrons. The minimum atomic E-state index is 0.102. The van der Waals surface area contributed by atoms with Crippen LogP contribution < -0.4 is 10.1 Å². The van der Waals surface area contributed by atoms with Crippen LogP contribution >= 0.6 is 0 Å². The molecule has 0 aromatic carbocycles. The van der Waals surface area contributed by atoms with Crippen LogP contribution in [0.4, 0.5) is 4.79 Å². The molecule has 6 heteroatoms. The van der Waals surface area contributed by atoms with Crippen LogP contribution in [0.2, 0.25) is 0 Å². The molecule has 4 rings (SSSR count). The summed E-state index contributed by atoms with van der Waals surface area (Å²) in [6.45, 7) is 4.86. The number of nitrogens with zero attached hydrogens (tertiary/aromatic N) is 3. The van der Waals surface area contributed by atoms with Crippen molar-refractivity contribution < 1.29 is 9.53 Å². The van der Waals surface area contributed by atoms with Gasteiger partial charge in [0.25, 0.3) is 0 Å². The fraction of sp³-hybridized carbons (Fsp3) is 0.714. The molecular formula is C21H32N4O2. The third-order valence-corrected chi connectivity index (χ3v) is 6.43. The van der Waals surface area contributed by atoms with Gasteiger partial charge in [-0.15, -0.1) is 0 Å². The van der Waals surface area contributed by atoms with Crippen LogP contribution in [0.3, 0.4) is 0 Å². The van der Waals surface area contributed by atoms with Crippen molar-refractivity contribution in [2.24, 2.45) is 5.92 Å². The number of hydrogen-bond donors (Lipinski definition) is 1. The smallest absolute Gasteiger partial charge is 0.317 e. The van der Waals surface area contributed by atoms with Gasteiger partial charge < -0.3 is 19.9 Å². The molecule has 2 atom stereocenters. The highest BCUT2D eigenvalue weighted by Crippen LogP contribution is 2.30. The third-order valence-electron chi connectivity index (χ3n) is 6.43. The predicted octanol–water partition coefficient (Wildman–Crippen LogP) is 2.90. The highest BCUT2D eigenvalue weighted by molar-refractivity contribution is 5.74. The lowest BCUT2D eigenvalue weighted by molar-refractivity contribution is 0.0588. The van der Waals surface area contributed by atoms with Gasteiger partial charge in [0.05, 0.1) is 0 Å². The van der Waals surface area contributed by atoms with Gasteiger partial charge >= 0.3 is 6.03 Å². The lowest BCUT2D eigenvalue weighted by Gasteiger charge is -2.44. The number of pyridine rings is 1. The van der Waals surface area contributed by atoms with Crippen LogP contribution in [0.15, 0.2) is 24.5 Å². The second-order valence-electron chi connectivity index (χ2n) is 8.17. The largest absolute Gasteiger partial charge is 0.490 e. The number of carbonyl (C=O) groups excluding carboxylic acids is 1.